The fourth-order valence-electron chi connectivity index (χ4n) is 3.17. The second-order valence-electron chi connectivity index (χ2n) is 6.63. The molecule has 0 aliphatic rings. The highest BCUT2D eigenvalue weighted by molar-refractivity contribution is 7.21. The molecule has 2 aromatic heterocycles. The van der Waals surface area contributed by atoms with Crippen molar-refractivity contribution in [3.63, 3.8) is 0 Å². The summed E-state index contributed by atoms with van der Waals surface area (Å²) in [7, 11) is 4.77. The van der Waals surface area contributed by atoms with E-state index in [1.165, 1.54) is 0 Å². The molecule has 0 atom stereocenters. The Morgan fingerprint density at radius 2 is 1.61 bits per heavy atom. The van der Waals surface area contributed by atoms with Gasteiger partial charge in [0.2, 0.25) is 0 Å². The van der Waals surface area contributed by atoms with Gasteiger partial charge in [0.1, 0.15) is 16.4 Å². The number of fused-ring (bicyclic) bond motifs is 1. The first kappa shape index (κ1) is 20.6. The summed E-state index contributed by atoms with van der Waals surface area (Å²) in [6.07, 6.45) is 1.66. The Balaban J connectivity index is 1.66. The van der Waals surface area contributed by atoms with E-state index < -0.39 is 0 Å². The van der Waals surface area contributed by atoms with E-state index in [1.54, 1.807) is 44.9 Å². The largest absolute Gasteiger partial charge is 0.496 e. The van der Waals surface area contributed by atoms with Crippen molar-refractivity contribution in [1.29, 1.82) is 0 Å². The number of hydrogen-bond donors (Lipinski definition) is 1. The summed E-state index contributed by atoms with van der Waals surface area (Å²) in [5, 5.41) is 5.31. The molecule has 2 aromatic carbocycles. The standard InChI is InChI=1S/C23H22N4O3S/c1-14-25-22(17-11-21(31-23(17)26-14)15-8-6-5-7-9-15)27-24-13-16-10-19(29-3)20(30-4)12-18(16)28-2/h5-13H,1-4H3,(H,25,26,27)/b24-13-. The number of hydrogen-bond acceptors (Lipinski definition) is 8. The van der Waals surface area contributed by atoms with Gasteiger partial charge in [-0.2, -0.15) is 5.10 Å². The van der Waals surface area contributed by atoms with Crippen LogP contribution in [0.1, 0.15) is 11.4 Å². The van der Waals surface area contributed by atoms with E-state index in [1.807, 2.05) is 31.2 Å². The van der Waals surface area contributed by atoms with Crippen LogP contribution in [0, 0.1) is 6.92 Å². The van der Waals surface area contributed by atoms with Crippen LogP contribution in [-0.2, 0) is 0 Å². The van der Waals surface area contributed by atoms with Crippen LogP contribution in [-0.4, -0.2) is 37.5 Å². The van der Waals surface area contributed by atoms with Crippen molar-refractivity contribution in [2.45, 2.75) is 6.92 Å². The Morgan fingerprint density at radius 3 is 2.32 bits per heavy atom. The summed E-state index contributed by atoms with van der Waals surface area (Å²) in [4.78, 5) is 11.2. The molecule has 2 heterocycles. The van der Waals surface area contributed by atoms with E-state index in [4.69, 9.17) is 14.2 Å². The van der Waals surface area contributed by atoms with Crippen molar-refractivity contribution in [3.05, 3.63) is 59.9 Å². The Labute approximate surface area is 184 Å². The van der Waals surface area contributed by atoms with Crippen LogP contribution >= 0.6 is 11.3 Å². The topological polar surface area (TPSA) is 77.9 Å². The van der Waals surface area contributed by atoms with E-state index in [-0.39, 0.29) is 0 Å². The fourth-order valence-corrected chi connectivity index (χ4v) is 4.26. The highest BCUT2D eigenvalue weighted by Gasteiger charge is 2.13. The van der Waals surface area contributed by atoms with Crippen molar-refractivity contribution in [3.8, 4) is 27.7 Å². The number of hydrazone groups is 1. The summed E-state index contributed by atoms with van der Waals surface area (Å²) in [6, 6.07) is 15.9. The summed E-state index contributed by atoms with van der Waals surface area (Å²) >= 11 is 1.63. The zero-order chi connectivity index (χ0) is 21.8. The molecule has 0 radical (unpaired) electrons. The molecule has 0 fully saturated rings. The minimum absolute atomic E-state index is 0.587. The molecule has 0 spiro atoms. The highest BCUT2D eigenvalue weighted by atomic mass is 32.1. The van der Waals surface area contributed by atoms with Gasteiger partial charge in [0, 0.05) is 16.5 Å². The van der Waals surface area contributed by atoms with Crippen molar-refractivity contribution in [2.75, 3.05) is 26.8 Å². The maximum absolute atomic E-state index is 5.45. The molecule has 0 aliphatic heterocycles. The molecule has 8 heteroatoms. The molecule has 1 N–H and O–H groups in total. The minimum Gasteiger partial charge on any atom is -0.496 e. The van der Waals surface area contributed by atoms with E-state index in [2.05, 4.69) is 38.7 Å². The number of rotatable bonds is 7. The summed E-state index contributed by atoms with van der Waals surface area (Å²) < 4.78 is 16.2. The fraction of sp³-hybridized carbons (Fsp3) is 0.174. The third kappa shape index (κ3) is 4.29. The molecule has 4 aromatic rings. The van der Waals surface area contributed by atoms with Crippen LogP contribution < -0.4 is 19.6 Å². The summed E-state index contributed by atoms with van der Waals surface area (Å²) in [5.74, 6) is 3.13. The number of thiophene rings is 1. The highest BCUT2D eigenvalue weighted by Crippen LogP contribution is 2.36. The molecule has 7 nitrogen and oxygen atoms in total. The first-order chi connectivity index (χ1) is 15.1. The SMILES string of the molecule is COc1cc(OC)c(OC)cc1/C=N\Nc1nc(C)nc2sc(-c3ccccc3)cc12. The first-order valence-corrected chi connectivity index (χ1v) is 10.4. The first-order valence-electron chi connectivity index (χ1n) is 9.55. The Morgan fingerprint density at radius 1 is 0.903 bits per heavy atom. The quantitative estimate of drug-likeness (QED) is 0.321. The van der Waals surface area contributed by atoms with Crippen molar-refractivity contribution < 1.29 is 14.2 Å². The molecular weight excluding hydrogens is 412 g/mol. The minimum atomic E-state index is 0.587. The molecule has 158 valence electrons. The number of nitrogens with one attached hydrogen (secondary N) is 1. The van der Waals surface area contributed by atoms with Gasteiger partial charge in [-0.15, -0.1) is 11.3 Å². The molecule has 0 unspecified atom stereocenters. The molecule has 0 amide bonds. The van der Waals surface area contributed by atoms with E-state index in [9.17, 15) is 0 Å². The summed E-state index contributed by atoms with van der Waals surface area (Å²) in [5.41, 5.74) is 4.94. The second kappa shape index (κ2) is 9.01. The van der Waals surface area contributed by atoms with Gasteiger partial charge < -0.3 is 14.2 Å². The van der Waals surface area contributed by atoms with Crippen LogP contribution in [0.15, 0.2) is 53.6 Å². The van der Waals surface area contributed by atoms with Gasteiger partial charge in [-0.05, 0) is 24.6 Å². The van der Waals surface area contributed by atoms with Gasteiger partial charge in [0.15, 0.2) is 17.3 Å². The number of methoxy groups -OCH3 is 3. The number of aromatic nitrogens is 2. The Bertz CT molecular complexity index is 1240. The van der Waals surface area contributed by atoms with Crippen LogP contribution in [0.5, 0.6) is 17.2 Å². The van der Waals surface area contributed by atoms with Crippen molar-refractivity contribution in [1.82, 2.24) is 9.97 Å². The zero-order valence-electron chi connectivity index (χ0n) is 17.7. The molecule has 0 aliphatic carbocycles. The number of aryl methyl sites for hydroxylation is 1. The molecule has 0 saturated carbocycles. The van der Waals surface area contributed by atoms with E-state index in [0.717, 1.165) is 26.2 Å². The Kier molecular flexibility index (Phi) is 5.99. The lowest BCUT2D eigenvalue weighted by molar-refractivity contribution is 0.349. The van der Waals surface area contributed by atoms with Crippen LogP contribution in [0.4, 0.5) is 5.82 Å². The lowest BCUT2D eigenvalue weighted by atomic mass is 10.2. The monoisotopic (exact) mass is 434 g/mol. The van der Waals surface area contributed by atoms with Crippen molar-refractivity contribution >= 4 is 33.6 Å². The van der Waals surface area contributed by atoms with Crippen LogP contribution in [0.25, 0.3) is 20.7 Å². The number of ether oxygens (including phenoxy) is 3. The lowest BCUT2D eigenvalue weighted by Gasteiger charge is -2.11. The normalized spacial score (nSPS) is 11.1. The molecular formula is C23H22N4O3S. The molecule has 4 rings (SSSR count). The van der Waals surface area contributed by atoms with Gasteiger partial charge in [0.05, 0.1) is 32.9 Å². The lowest BCUT2D eigenvalue weighted by Crippen LogP contribution is -1.99. The molecule has 0 saturated heterocycles. The smallest absolute Gasteiger partial charge is 0.164 e. The number of anilines is 1. The zero-order valence-corrected chi connectivity index (χ0v) is 18.5. The van der Waals surface area contributed by atoms with E-state index >= 15 is 0 Å². The van der Waals surface area contributed by atoms with Crippen LogP contribution in [0.2, 0.25) is 0 Å². The molecule has 31 heavy (non-hydrogen) atoms. The van der Waals surface area contributed by atoms with Gasteiger partial charge in [0.25, 0.3) is 0 Å². The van der Waals surface area contributed by atoms with Gasteiger partial charge in [-0.3, -0.25) is 5.43 Å². The van der Waals surface area contributed by atoms with Gasteiger partial charge in [-0.1, -0.05) is 30.3 Å². The number of nitrogens with zero attached hydrogens (tertiary/aromatic N) is 3. The summed E-state index contributed by atoms with van der Waals surface area (Å²) in [6.45, 7) is 1.87. The van der Waals surface area contributed by atoms with Gasteiger partial charge in [-0.25, -0.2) is 9.97 Å². The Hall–Kier alpha value is -3.65. The third-order valence-corrected chi connectivity index (χ3v) is 5.75. The van der Waals surface area contributed by atoms with Crippen LogP contribution in [0.3, 0.4) is 0 Å². The second-order valence-corrected chi connectivity index (χ2v) is 7.66. The average Bonchev–Trinajstić information content (AvgIpc) is 3.23. The number of benzene rings is 2. The predicted molar refractivity (Wildman–Crippen MR) is 125 cm³/mol. The molecule has 0 bridgehead atoms. The maximum atomic E-state index is 5.45. The average molecular weight is 435 g/mol. The van der Waals surface area contributed by atoms with E-state index in [0.29, 0.717) is 28.9 Å². The third-order valence-electron chi connectivity index (χ3n) is 4.67. The maximum Gasteiger partial charge on any atom is 0.164 e. The van der Waals surface area contributed by atoms with Crippen molar-refractivity contribution in [2.24, 2.45) is 5.10 Å². The predicted octanol–water partition coefficient (Wildman–Crippen LogP) is 5.14. The van der Waals surface area contributed by atoms with Gasteiger partial charge >= 0.3 is 0 Å².